The number of hydrogen-bond donors (Lipinski definition) is 0. The first-order valence-corrected chi connectivity index (χ1v) is 28.8. The summed E-state index contributed by atoms with van der Waals surface area (Å²) in [6.45, 7) is 29.5. The quantitative estimate of drug-likeness (QED) is 0.128. The van der Waals surface area contributed by atoms with E-state index in [2.05, 4.69) is 323 Å². The van der Waals surface area contributed by atoms with Crippen LogP contribution in [0.4, 0.5) is 34.1 Å². The monoisotopic (exact) mass is 1060 g/mol. The molecule has 8 aromatic carbocycles. The van der Waals surface area contributed by atoms with Crippen LogP contribution >= 0.6 is 0 Å². The van der Waals surface area contributed by atoms with Crippen molar-refractivity contribution in [2.24, 2.45) is 0 Å². The molecule has 0 N–H and O–H groups in total. The van der Waals surface area contributed by atoms with Crippen molar-refractivity contribution in [3.8, 4) is 44.8 Å². The topological polar surface area (TPSA) is 23.2 Å². The zero-order valence-corrected chi connectivity index (χ0v) is 49.7. The molecule has 2 aromatic heterocycles. The van der Waals surface area contributed by atoms with Gasteiger partial charge in [-0.05, 0) is 188 Å². The molecule has 0 unspecified atom stereocenters. The lowest BCUT2D eigenvalue weighted by molar-refractivity contribution is -0.562. The third-order valence-electron chi connectivity index (χ3n) is 16.3. The maximum atomic E-state index is 4.97. The molecule has 1 aliphatic rings. The van der Waals surface area contributed by atoms with Crippen molar-refractivity contribution >= 4 is 45.4 Å². The van der Waals surface area contributed by atoms with Crippen LogP contribution in [0.5, 0.6) is 0 Å². The minimum Gasteiger partial charge on any atom is -0.311 e. The van der Waals surface area contributed by atoms with Gasteiger partial charge in [0.15, 0.2) is 6.20 Å². The van der Waals surface area contributed by atoms with Gasteiger partial charge < -0.3 is 9.80 Å². The van der Waals surface area contributed by atoms with Gasteiger partial charge in [-0.2, -0.15) is 4.57 Å². The Morgan fingerprint density at radius 3 is 1.09 bits per heavy atom. The molecule has 0 saturated heterocycles. The fourth-order valence-corrected chi connectivity index (χ4v) is 11.4. The molecule has 10 aromatic rings. The minimum absolute atomic E-state index is 0.0634. The maximum absolute atomic E-state index is 4.97. The van der Waals surface area contributed by atoms with Gasteiger partial charge in [0.2, 0.25) is 11.4 Å². The molecule has 1 aliphatic heterocycles. The molecule has 0 spiro atoms. The lowest BCUT2D eigenvalue weighted by Gasteiger charge is -2.28. The zero-order valence-electron chi connectivity index (χ0n) is 49.7. The highest BCUT2D eigenvalue weighted by Gasteiger charge is 2.35. The Morgan fingerprint density at radius 1 is 0.346 bits per heavy atom. The summed E-state index contributed by atoms with van der Waals surface area (Å²) in [4.78, 5) is 9.71. The van der Waals surface area contributed by atoms with Crippen molar-refractivity contribution in [2.75, 3.05) is 9.80 Å². The highest BCUT2D eigenvalue weighted by molar-refractivity contribution is 5.98. The van der Waals surface area contributed by atoms with Crippen LogP contribution in [-0.4, -0.2) is 4.98 Å². The first kappa shape index (κ1) is 54.4. The van der Waals surface area contributed by atoms with Crippen LogP contribution in [0.15, 0.2) is 231 Å². The normalized spacial score (nSPS) is 13.1. The Balaban J connectivity index is 0.939. The number of fused-ring (bicyclic) bond motifs is 3. The number of anilines is 6. The second-order valence-electron chi connectivity index (χ2n) is 26.1. The smallest absolute Gasteiger partial charge is 0.222 e. The van der Waals surface area contributed by atoms with Gasteiger partial charge in [-0.15, -0.1) is 0 Å². The summed E-state index contributed by atoms with van der Waals surface area (Å²) in [6, 6.07) is 81.0. The van der Waals surface area contributed by atoms with E-state index in [1.165, 1.54) is 61.5 Å². The summed E-state index contributed by atoms with van der Waals surface area (Å²) < 4.78 is 2.37. The Hall–Kier alpha value is -8.60. The first-order chi connectivity index (χ1) is 38.6. The average Bonchev–Trinajstić information content (AvgIpc) is 4.05. The summed E-state index contributed by atoms with van der Waals surface area (Å²) in [5.74, 6) is 0. The van der Waals surface area contributed by atoms with Gasteiger partial charge in [0, 0.05) is 63.6 Å². The zero-order chi connectivity index (χ0) is 57.0. The molecule has 0 aliphatic carbocycles. The van der Waals surface area contributed by atoms with Crippen LogP contribution in [0.1, 0.15) is 123 Å². The Bertz CT molecular complexity index is 3780. The standard InChI is InChI=1S/C77H77N4/c1-52(67-46-24-55(50-69(67)71-18-14-16-48-78-71)53-20-34-61(35-21-53)80(63-38-26-57(27-39-63)74(2,3)4)64-40-28-58(29-41-64)75(5,6)7)73-68-47-25-56(51-70(68)72-19-15-17-49-79(72)73)54-22-36-62(37-23-54)81(65-42-30-59(31-43-65)76(8,9)10)66-44-32-60(33-45-66)77(11,12)13/h14-51H,1-13H3/q+1. The van der Waals surface area contributed by atoms with E-state index in [4.69, 9.17) is 4.98 Å². The molecule has 11 rings (SSSR count). The van der Waals surface area contributed by atoms with Gasteiger partial charge in [0.05, 0.1) is 16.8 Å². The number of pyridine rings is 2. The van der Waals surface area contributed by atoms with E-state index in [0.29, 0.717) is 0 Å². The molecule has 4 nitrogen and oxygen atoms in total. The third kappa shape index (κ3) is 11.1. The molecule has 0 bridgehead atoms. The minimum atomic E-state index is 0.0634. The molecule has 81 heavy (non-hydrogen) atoms. The van der Waals surface area contributed by atoms with Crippen LogP contribution in [0, 0.1) is 0 Å². The summed E-state index contributed by atoms with van der Waals surface area (Å²) in [6.07, 6.45) is 4.10. The first-order valence-electron chi connectivity index (χ1n) is 28.8. The molecule has 4 heteroatoms. The van der Waals surface area contributed by atoms with E-state index in [0.717, 1.165) is 62.1 Å². The number of benzene rings is 8. The summed E-state index contributed by atoms with van der Waals surface area (Å²) in [5.41, 5.74) is 26.0. The van der Waals surface area contributed by atoms with E-state index in [9.17, 15) is 0 Å². The Labute approximate surface area is 482 Å². The molecule has 0 atom stereocenters. The number of nitrogens with zero attached hydrogens (tertiary/aromatic N) is 4. The van der Waals surface area contributed by atoms with Gasteiger partial charge >= 0.3 is 0 Å². The van der Waals surface area contributed by atoms with Crippen molar-refractivity contribution in [1.82, 2.24) is 4.98 Å². The lowest BCUT2D eigenvalue weighted by atomic mass is 9.86. The molecule has 0 saturated carbocycles. The van der Waals surface area contributed by atoms with E-state index in [1.54, 1.807) is 0 Å². The van der Waals surface area contributed by atoms with Crippen molar-refractivity contribution in [3.63, 3.8) is 0 Å². The van der Waals surface area contributed by atoms with Crippen molar-refractivity contribution in [3.05, 3.63) is 264 Å². The van der Waals surface area contributed by atoms with Crippen LogP contribution in [-0.2, 0) is 21.7 Å². The van der Waals surface area contributed by atoms with E-state index in [1.807, 2.05) is 12.3 Å². The number of rotatable bonds is 10. The average molecular weight is 1060 g/mol. The third-order valence-corrected chi connectivity index (χ3v) is 16.3. The van der Waals surface area contributed by atoms with Crippen LogP contribution in [0.2, 0.25) is 0 Å². The molecule has 404 valence electrons. The lowest BCUT2D eigenvalue weighted by Crippen LogP contribution is -2.31. The molecule has 0 radical (unpaired) electrons. The van der Waals surface area contributed by atoms with E-state index in [-0.39, 0.29) is 21.7 Å². The highest BCUT2D eigenvalue weighted by atomic mass is 15.1. The summed E-state index contributed by atoms with van der Waals surface area (Å²) >= 11 is 0. The van der Waals surface area contributed by atoms with Crippen LogP contribution in [0.3, 0.4) is 0 Å². The Kier molecular flexibility index (Phi) is 14.2. The van der Waals surface area contributed by atoms with Gasteiger partial charge in [-0.3, -0.25) is 4.98 Å². The predicted octanol–water partition coefficient (Wildman–Crippen LogP) is 20.9. The van der Waals surface area contributed by atoms with Crippen molar-refractivity contribution < 1.29 is 4.57 Å². The number of hydrogen-bond acceptors (Lipinski definition) is 3. The van der Waals surface area contributed by atoms with Gasteiger partial charge in [0.1, 0.15) is 0 Å². The van der Waals surface area contributed by atoms with Crippen LogP contribution in [0.25, 0.3) is 56.0 Å². The molecule has 0 amide bonds. The summed E-state index contributed by atoms with van der Waals surface area (Å²) in [7, 11) is 0. The largest absolute Gasteiger partial charge is 0.311 e. The fraction of sp³-hybridized carbons (Fsp3) is 0.221. The molecule has 3 heterocycles. The van der Waals surface area contributed by atoms with Crippen LogP contribution < -0.4 is 14.4 Å². The number of allylic oxidation sites excluding steroid dienone is 1. The molecular formula is C77H77N4+. The predicted molar refractivity (Wildman–Crippen MR) is 345 cm³/mol. The van der Waals surface area contributed by atoms with Crippen molar-refractivity contribution in [2.45, 2.75) is 112 Å². The maximum Gasteiger partial charge on any atom is 0.222 e. The molecule has 0 fully saturated rings. The van der Waals surface area contributed by atoms with E-state index < -0.39 is 0 Å². The fourth-order valence-electron chi connectivity index (χ4n) is 11.4. The van der Waals surface area contributed by atoms with Gasteiger partial charge in [-0.1, -0.05) is 180 Å². The second-order valence-corrected chi connectivity index (χ2v) is 26.1. The highest BCUT2D eigenvalue weighted by Crippen LogP contribution is 2.44. The van der Waals surface area contributed by atoms with E-state index >= 15 is 0 Å². The van der Waals surface area contributed by atoms with Gasteiger partial charge in [0.25, 0.3) is 0 Å². The van der Waals surface area contributed by atoms with Crippen molar-refractivity contribution in [1.29, 1.82) is 0 Å². The SMILES string of the molecule is CC(=C1c2ccc(-c3ccc(N(c4ccc(C(C)(C)C)cc4)c4ccc(C(C)(C)C)cc4)cc3)cc2-c2cccc[n+]21)c1ccc(-c2ccc(N(c3ccc(C(C)(C)C)cc3)c3ccc(C(C)(C)C)cc3)cc2)cc1-c1ccccn1. The Morgan fingerprint density at radius 2 is 0.704 bits per heavy atom. The molecular weight excluding hydrogens is 981 g/mol. The number of aromatic nitrogens is 2. The second kappa shape index (κ2) is 21.1. The summed E-state index contributed by atoms with van der Waals surface area (Å²) in [5, 5.41) is 0. The van der Waals surface area contributed by atoms with Gasteiger partial charge in [-0.25, -0.2) is 0 Å².